The molecule has 2 N–H and O–H groups in total. The van der Waals surface area contributed by atoms with Crippen molar-refractivity contribution in [3.8, 4) is 11.3 Å². The second kappa shape index (κ2) is 9.65. The van der Waals surface area contributed by atoms with E-state index in [1.54, 1.807) is 6.07 Å². The van der Waals surface area contributed by atoms with Crippen LogP contribution in [0.4, 0.5) is 5.69 Å². The fourth-order valence-corrected chi connectivity index (χ4v) is 3.75. The monoisotopic (exact) mass is 406 g/mol. The molecule has 7 nitrogen and oxygen atoms in total. The normalized spacial score (nSPS) is 14.7. The highest BCUT2D eigenvalue weighted by atomic mass is 16.5. The Morgan fingerprint density at radius 2 is 1.87 bits per heavy atom. The van der Waals surface area contributed by atoms with Crippen molar-refractivity contribution >= 4 is 22.4 Å². The molecule has 0 saturated carbocycles. The molecular formula is C23H26N4O3. The van der Waals surface area contributed by atoms with E-state index < -0.39 is 0 Å². The van der Waals surface area contributed by atoms with Gasteiger partial charge >= 0.3 is 0 Å². The average Bonchev–Trinajstić information content (AvgIpc) is 2.78. The molecule has 0 bridgehead atoms. The van der Waals surface area contributed by atoms with E-state index >= 15 is 0 Å². The van der Waals surface area contributed by atoms with Crippen LogP contribution >= 0.6 is 0 Å². The number of aromatic amines is 1. The molecule has 1 saturated heterocycles. The number of rotatable bonds is 7. The zero-order chi connectivity index (χ0) is 20.8. The van der Waals surface area contributed by atoms with Crippen molar-refractivity contribution in [3.63, 3.8) is 0 Å². The fraction of sp³-hybridized carbons (Fsp3) is 0.348. The van der Waals surface area contributed by atoms with Crippen molar-refractivity contribution in [3.05, 3.63) is 58.9 Å². The molecule has 1 aliphatic rings. The molecule has 1 aliphatic heterocycles. The highest BCUT2D eigenvalue weighted by molar-refractivity contribution is 5.95. The summed E-state index contributed by atoms with van der Waals surface area (Å²) in [6, 6.07) is 14.9. The average molecular weight is 406 g/mol. The number of benzene rings is 2. The first-order valence-corrected chi connectivity index (χ1v) is 10.4. The number of fused-ring (bicyclic) bond motifs is 1. The number of unbranched alkanes of at least 4 members (excludes halogenated alkanes) is 1. The Kier molecular flexibility index (Phi) is 6.51. The lowest BCUT2D eigenvalue weighted by atomic mass is 10.0. The Hall–Kier alpha value is -3.03. The van der Waals surface area contributed by atoms with Crippen LogP contribution in [0.1, 0.15) is 19.3 Å². The number of hydrogen-bond donors (Lipinski definition) is 2. The van der Waals surface area contributed by atoms with Gasteiger partial charge in [0, 0.05) is 36.1 Å². The van der Waals surface area contributed by atoms with E-state index in [9.17, 15) is 9.59 Å². The minimum atomic E-state index is -0.212. The number of ether oxygens (including phenoxy) is 1. The predicted molar refractivity (Wildman–Crippen MR) is 118 cm³/mol. The van der Waals surface area contributed by atoms with Crippen LogP contribution in [0.3, 0.4) is 0 Å². The number of carbonyl (C=O) groups is 1. The number of anilines is 1. The Morgan fingerprint density at radius 1 is 1.07 bits per heavy atom. The van der Waals surface area contributed by atoms with E-state index in [1.165, 1.54) is 0 Å². The summed E-state index contributed by atoms with van der Waals surface area (Å²) in [6.45, 7) is 4.57. The number of morpholine rings is 1. The highest BCUT2D eigenvalue weighted by Gasteiger charge is 2.11. The molecule has 0 radical (unpaired) electrons. The van der Waals surface area contributed by atoms with Gasteiger partial charge in [0.15, 0.2) is 0 Å². The summed E-state index contributed by atoms with van der Waals surface area (Å²) < 4.78 is 5.35. The van der Waals surface area contributed by atoms with Crippen LogP contribution in [-0.2, 0) is 9.53 Å². The fourth-order valence-electron chi connectivity index (χ4n) is 3.75. The SMILES string of the molecule is O=C(CCCCN1CCOCC1)Nc1cccc(-c2n[nH]c(=O)c3ccccc23)c1. The van der Waals surface area contributed by atoms with E-state index in [4.69, 9.17) is 4.74 Å². The van der Waals surface area contributed by atoms with E-state index in [-0.39, 0.29) is 11.5 Å². The second-order valence-electron chi connectivity index (χ2n) is 7.49. The summed E-state index contributed by atoms with van der Waals surface area (Å²) in [7, 11) is 0. The number of amides is 1. The molecule has 30 heavy (non-hydrogen) atoms. The van der Waals surface area contributed by atoms with Crippen LogP contribution < -0.4 is 10.9 Å². The molecule has 1 aromatic heterocycles. The van der Waals surface area contributed by atoms with Crippen LogP contribution in [0.25, 0.3) is 22.0 Å². The first-order chi connectivity index (χ1) is 14.7. The molecule has 3 aromatic rings. The van der Waals surface area contributed by atoms with Crippen LogP contribution in [-0.4, -0.2) is 53.9 Å². The minimum absolute atomic E-state index is 0.00779. The lowest BCUT2D eigenvalue weighted by Gasteiger charge is -2.26. The van der Waals surface area contributed by atoms with E-state index in [0.29, 0.717) is 17.5 Å². The maximum absolute atomic E-state index is 12.4. The van der Waals surface area contributed by atoms with Gasteiger partial charge in [0.25, 0.3) is 5.56 Å². The lowest BCUT2D eigenvalue weighted by Crippen LogP contribution is -2.36. The maximum Gasteiger partial charge on any atom is 0.272 e. The van der Waals surface area contributed by atoms with Gasteiger partial charge in [0.05, 0.1) is 24.3 Å². The molecule has 1 amide bonds. The smallest absolute Gasteiger partial charge is 0.272 e. The Bertz CT molecular complexity index is 1070. The van der Waals surface area contributed by atoms with Crippen LogP contribution in [0, 0.1) is 0 Å². The van der Waals surface area contributed by atoms with Crippen LogP contribution in [0.5, 0.6) is 0 Å². The molecule has 2 aromatic carbocycles. The van der Waals surface area contributed by atoms with Crippen LogP contribution in [0.15, 0.2) is 53.3 Å². The summed E-state index contributed by atoms with van der Waals surface area (Å²) in [6.07, 6.45) is 2.35. The van der Waals surface area contributed by atoms with Gasteiger partial charge in [-0.2, -0.15) is 5.10 Å². The summed E-state index contributed by atoms with van der Waals surface area (Å²) >= 11 is 0. The van der Waals surface area contributed by atoms with Crippen molar-refractivity contribution < 1.29 is 9.53 Å². The summed E-state index contributed by atoms with van der Waals surface area (Å²) in [4.78, 5) is 26.8. The first kappa shape index (κ1) is 20.3. The third-order valence-corrected chi connectivity index (χ3v) is 5.35. The molecule has 0 spiro atoms. The van der Waals surface area contributed by atoms with Gasteiger partial charge in [0.1, 0.15) is 0 Å². The number of carbonyl (C=O) groups excluding carboxylic acids is 1. The van der Waals surface area contributed by atoms with E-state index in [1.807, 2.05) is 42.5 Å². The molecule has 0 unspecified atom stereocenters. The first-order valence-electron chi connectivity index (χ1n) is 10.4. The molecule has 0 atom stereocenters. The van der Waals surface area contributed by atoms with Gasteiger partial charge in [-0.1, -0.05) is 30.3 Å². The number of aromatic nitrogens is 2. The van der Waals surface area contributed by atoms with Crippen molar-refractivity contribution in [1.29, 1.82) is 0 Å². The van der Waals surface area contributed by atoms with Crippen molar-refractivity contribution in [2.24, 2.45) is 0 Å². The number of hydrogen-bond acceptors (Lipinski definition) is 5. The zero-order valence-electron chi connectivity index (χ0n) is 16.9. The molecule has 156 valence electrons. The predicted octanol–water partition coefficient (Wildman–Crippen LogP) is 3.03. The molecule has 4 rings (SSSR count). The number of nitrogens with zero attached hydrogens (tertiary/aromatic N) is 2. The Morgan fingerprint density at radius 3 is 2.70 bits per heavy atom. The maximum atomic E-state index is 12.4. The van der Waals surface area contributed by atoms with Crippen LogP contribution in [0.2, 0.25) is 0 Å². The summed E-state index contributed by atoms with van der Waals surface area (Å²) in [5, 5.41) is 11.2. The second-order valence-corrected chi connectivity index (χ2v) is 7.49. The topological polar surface area (TPSA) is 87.3 Å². The van der Waals surface area contributed by atoms with Gasteiger partial charge in [-0.05, 0) is 37.6 Å². The van der Waals surface area contributed by atoms with Gasteiger partial charge < -0.3 is 10.1 Å². The van der Waals surface area contributed by atoms with Crippen molar-refractivity contribution in [2.75, 3.05) is 38.2 Å². The third kappa shape index (κ3) is 4.93. The zero-order valence-corrected chi connectivity index (χ0v) is 16.9. The third-order valence-electron chi connectivity index (χ3n) is 5.35. The Labute approximate surface area is 175 Å². The molecule has 2 heterocycles. The molecular weight excluding hydrogens is 380 g/mol. The van der Waals surface area contributed by atoms with Gasteiger partial charge in [-0.15, -0.1) is 0 Å². The quantitative estimate of drug-likeness (QED) is 0.589. The number of nitrogens with one attached hydrogen (secondary N) is 2. The van der Waals surface area contributed by atoms with E-state index in [0.717, 1.165) is 62.3 Å². The van der Waals surface area contributed by atoms with E-state index in [2.05, 4.69) is 20.4 Å². The molecule has 1 fully saturated rings. The Balaban J connectivity index is 1.37. The molecule has 7 heteroatoms. The number of H-pyrrole nitrogens is 1. The highest BCUT2D eigenvalue weighted by Crippen LogP contribution is 2.26. The largest absolute Gasteiger partial charge is 0.379 e. The van der Waals surface area contributed by atoms with Crippen molar-refractivity contribution in [2.45, 2.75) is 19.3 Å². The van der Waals surface area contributed by atoms with Crippen molar-refractivity contribution in [1.82, 2.24) is 15.1 Å². The molecule has 0 aliphatic carbocycles. The van der Waals surface area contributed by atoms with Gasteiger partial charge in [-0.3, -0.25) is 14.5 Å². The standard InChI is InChI=1S/C23H26N4O3/c28-21(10-3-4-11-27-12-14-30-15-13-27)24-18-7-5-6-17(16-18)22-19-8-1-2-9-20(19)23(29)26-25-22/h1-2,5-9,16H,3-4,10-15H2,(H,24,28)(H,26,29). The van der Waals surface area contributed by atoms with Gasteiger partial charge in [-0.25, -0.2) is 5.10 Å². The summed E-state index contributed by atoms with van der Waals surface area (Å²) in [5.74, 6) is 0.00779. The van der Waals surface area contributed by atoms with Gasteiger partial charge in [0.2, 0.25) is 5.91 Å². The minimum Gasteiger partial charge on any atom is -0.379 e. The summed E-state index contributed by atoms with van der Waals surface area (Å²) in [5.41, 5.74) is 2.04. The lowest BCUT2D eigenvalue weighted by molar-refractivity contribution is -0.116.